The Balaban J connectivity index is 1.63. The number of hydrogen-bond acceptors (Lipinski definition) is 6. The van der Waals surface area contributed by atoms with E-state index in [-0.39, 0.29) is 18.6 Å². The molecule has 4 rings (SSSR count). The van der Waals surface area contributed by atoms with Crippen LogP contribution in [0.2, 0.25) is 0 Å². The second kappa shape index (κ2) is 7.46. The number of benzene rings is 1. The van der Waals surface area contributed by atoms with E-state index in [9.17, 15) is 5.11 Å². The minimum absolute atomic E-state index is 0.0201. The molecule has 2 aliphatic rings. The van der Waals surface area contributed by atoms with E-state index in [0.717, 1.165) is 48.7 Å². The summed E-state index contributed by atoms with van der Waals surface area (Å²) in [6, 6.07) is 8.36. The lowest BCUT2D eigenvalue weighted by Gasteiger charge is -2.46. The maximum Gasteiger partial charge on any atom is 0.161 e. The molecule has 0 aliphatic carbocycles. The zero-order chi connectivity index (χ0) is 19.0. The molecular formula is C21H27N3O3. The van der Waals surface area contributed by atoms with Crippen molar-refractivity contribution in [3.05, 3.63) is 52.8 Å². The lowest BCUT2D eigenvalue weighted by molar-refractivity contribution is 0.108. The molecule has 6 heteroatoms. The highest BCUT2D eigenvalue weighted by Gasteiger charge is 2.39. The monoisotopic (exact) mass is 369 g/mol. The molecule has 3 heterocycles. The molecular weight excluding hydrogens is 342 g/mol. The van der Waals surface area contributed by atoms with Crippen molar-refractivity contribution in [1.82, 2.24) is 9.88 Å². The van der Waals surface area contributed by atoms with Gasteiger partial charge in [0.25, 0.3) is 0 Å². The van der Waals surface area contributed by atoms with Crippen LogP contribution in [-0.4, -0.2) is 48.3 Å². The Labute approximate surface area is 159 Å². The summed E-state index contributed by atoms with van der Waals surface area (Å²) in [6.07, 6.45) is 3.62. The van der Waals surface area contributed by atoms with Gasteiger partial charge in [0.05, 0.1) is 20.8 Å². The third kappa shape index (κ3) is 3.29. The van der Waals surface area contributed by atoms with Crippen molar-refractivity contribution in [3.8, 4) is 11.5 Å². The van der Waals surface area contributed by atoms with E-state index in [4.69, 9.17) is 15.2 Å². The van der Waals surface area contributed by atoms with Gasteiger partial charge in [0, 0.05) is 43.0 Å². The molecule has 2 aromatic rings. The standard InChI is InChI=1S/C21H27N3O3/c1-26-20-8-14-4-6-24-11-16(18-7-13(12-25)3-5-23-18)17(22)10-19(24)15(14)9-21(20)27-2/h3,5,7-9,16-17,19,25H,4,6,10-12,22H2,1-2H3/t16-,17-,19-/m0/s1. The number of aromatic nitrogens is 1. The first-order chi connectivity index (χ1) is 13.1. The molecule has 0 unspecified atom stereocenters. The molecule has 0 saturated carbocycles. The number of rotatable bonds is 4. The fourth-order valence-corrected chi connectivity index (χ4v) is 4.49. The summed E-state index contributed by atoms with van der Waals surface area (Å²) in [5.74, 6) is 1.73. The molecule has 1 aromatic heterocycles. The highest BCUT2D eigenvalue weighted by atomic mass is 16.5. The van der Waals surface area contributed by atoms with Crippen molar-refractivity contribution < 1.29 is 14.6 Å². The van der Waals surface area contributed by atoms with Gasteiger partial charge >= 0.3 is 0 Å². The number of fused-ring (bicyclic) bond motifs is 3. The van der Waals surface area contributed by atoms with Crippen LogP contribution >= 0.6 is 0 Å². The van der Waals surface area contributed by atoms with E-state index < -0.39 is 0 Å². The predicted octanol–water partition coefficient (Wildman–Crippen LogP) is 2.01. The lowest BCUT2D eigenvalue weighted by atomic mass is 9.79. The minimum Gasteiger partial charge on any atom is -0.493 e. The first-order valence-corrected chi connectivity index (χ1v) is 9.44. The van der Waals surface area contributed by atoms with Crippen molar-refractivity contribution >= 4 is 0 Å². The lowest BCUT2D eigenvalue weighted by Crippen LogP contribution is -2.50. The number of pyridine rings is 1. The predicted molar refractivity (Wildman–Crippen MR) is 103 cm³/mol. The van der Waals surface area contributed by atoms with Crippen molar-refractivity contribution in [2.75, 3.05) is 27.3 Å². The van der Waals surface area contributed by atoms with E-state index in [1.54, 1.807) is 20.4 Å². The van der Waals surface area contributed by atoms with Crippen LogP contribution in [0.4, 0.5) is 0 Å². The van der Waals surface area contributed by atoms with E-state index in [1.165, 1.54) is 11.1 Å². The molecule has 0 bridgehead atoms. The summed E-state index contributed by atoms with van der Waals surface area (Å²) in [5.41, 5.74) is 11.1. The molecule has 3 N–H and O–H groups in total. The fourth-order valence-electron chi connectivity index (χ4n) is 4.49. The van der Waals surface area contributed by atoms with Gasteiger partial charge in [0.1, 0.15) is 0 Å². The Hall–Kier alpha value is -2.15. The number of aliphatic hydroxyl groups is 1. The molecule has 1 saturated heterocycles. The van der Waals surface area contributed by atoms with Crippen LogP contribution in [0.1, 0.15) is 40.8 Å². The number of methoxy groups -OCH3 is 2. The van der Waals surface area contributed by atoms with Gasteiger partial charge in [-0.3, -0.25) is 9.88 Å². The average Bonchev–Trinajstić information content (AvgIpc) is 2.72. The molecule has 6 nitrogen and oxygen atoms in total. The Morgan fingerprint density at radius 3 is 2.74 bits per heavy atom. The van der Waals surface area contributed by atoms with Crippen molar-refractivity contribution in [2.45, 2.75) is 37.5 Å². The van der Waals surface area contributed by atoms with E-state index >= 15 is 0 Å². The summed E-state index contributed by atoms with van der Waals surface area (Å²) in [4.78, 5) is 7.05. The Kier molecular flexibility index (Phi) is 5.04. The maximum atomic E-state index is 9.42. The Morgan fingerprint density at radius 1 is 1.22 bits per heavy atom. The highest BCUT2D eigenvalue weighted by Crippen LogP contribution is 2.43. The van der Waals surface area contributed by atoms with Gasteiger partial charge in [-0.05, 0) is 53.8 Å². The molecule has 0 radical (unpaired) electrons. The Morgan fingerprint density at radius 2 is 2.00 bits per heavy atom. The number of hydrogen-bond donors (Lipinski definition) is 2. The highest BCUT2D eigenvalue weighted by molar-refractivity contribution is 5.49. The van der Waals surface area contributed by atoms with Gasteiger partial charge in [0.15, 0.2) is 11.5 Å². The molecule has 0 amide bonds. The third-order valence-electron chi connectivity index (χ3n) is 5.96. The molecule has 0 spiro atoms. The molecule has 1 aromatic carbocycles. The van der Waals surface area contributed by atoms with Crippen LogP contribution in [-0.2, 0) is 13.0 Å². The summed E-state index contributed by atoms with van der Waals surface area (Å²) < 4.78 is 11.0. The maximum absolute atomic E-state index is 9.42. The van der Waals surface area contributed by atoms with E-state index in [2.05, 4.69) is 22.0 Å². The SMILES string of the molecule is COc1cc2c(cc1OC)[C@@H]1C[C@H](N)[C@@H](c3cc(CO)ccn3)CN1CC2. The number of piperidine rings is 1. The summed E-state index contributed by atoms with van der Waals surface area (Å²) in [6.45, 7) is 1.90. The molecule has 3 atom stereocenters. The van der Waals surface area contributed by atoms with Crippen molar-refractivity contribution in [2.24, 2.45) is 5.73 Å². The number of nitrogens with two attached hydrogens (primary N) is 1. The summed E-state index contributed by atoms with van der Waals surface area (Å²) in [5, 5.41) is 9.42. The molecule has 1 fully saturated rings. The van der Waals surface area contributed by atoms with Gasteiger partial charge in [-0.25, -0.2) is 0 Å². The molecule has 2 aliphatic heterocycles. The van der Waals surface area contributed by atoms with Crippen LogP contribution in [0.3, 0.4) is 0 Å². The number of aliphatic hydroxyl groups excluding tert-OH is 1. The van der Waals surface area contributed by atoms with Crippen LogP contribution in [0.5, 0.6) is 11.5 Å². The summed E-state index contributed by atoms with van der Waals surface area (Å²) >= 11 is 0. The number of ether oxygens (including phenoxy) is 2. The first-order valence-electron chi connectivity index (χ1n) is 9.44. The van der Waals surface area contributed by atoms with Gasteiger partial charge < -0.3 is 20.3 Å². The van der Waals surface area contributed by atoms with Crippen LogP contribution in [0.15, 0.2) is 30.5 Å². The van der Waals surface area contributed by atoms with Crippen LogP contribution < -0.4 is 15.2 Å². The quantitative estimate of drug-likeness (QED) is 0.858. The largest absolute Gasteiger partial charge is 0.493 e. The topological polar surface area (TPSA) is 80.8 Å². The first kappa shape index (κ1) is 18.2. The molecule has 144 valence electrons. The summed E-state index contributed by atoms with van der Waals surface area (Å²) in [7, 11) is 3.35. The van der Waals surface area contributed by atoms with Crippen LogP contribution in [0, 0.1) is 0 Å². The average molecular weight is 369 g/mol. The van der Waals surface area contributed by atoms with Gasteiger partial charge in [-0.1, -0.05) is 0 Å². The Bertz CT molecular complexity index is 826. The number of nitrogens with zero attached hydrogens (tertiary/aromatic N) is 2. The van der Waals surface area contributed by atoms with Gasteiger partial charge in [0.2, 0.25) is 0 Å². The van der Waals surface area contributed by atoms with Crippen molar-refractivity contribution in [3.63, 3.8) is 0 Å². The van der Waals surface area contributed by atoms with Gasteiger partial charge in [-0.2, -0.15) is 0 Å². The second-order valence-corrected chi connectivity index (χ2v) is 7.42. The van der Waals surface area contributed by atoms with E-state index in [1.807, 2.05) is 12.1 Å². The molecule has 27 heavy (non-hydrogen) atoms. The minimum atomic E-state index is 0.0201. The zero-order valence-electron chi connectivity index (χ0n) is 15.9. The smallest absolute Gasteiger partial charge is 0.161 e. The normalized spacial score (nSPS) is 24.8. The van der Waals surface area contributed by atoms with Crippen molar-refractivity contribution in [1.29, 1.82) is 0 Å². The fraction of sp³-hybridized carbons (Fsp3) is 0.476. The van der Waals surface area contributed by atoms with E-state index in [0.29, 0.717) is 6.04 Å². The van der Waals surface area contributed by atoms with Gasteiger partial charge in [-0.15, -0.1) is 0 Å². The van der Waals surface area contributed by atoms with Crippen LogP contribution in [0.25, 0.3) is 0 Å². The second-order valence-electron chi connectivity index (χ2n) is 7.42. The zero-order valence-corrected chi connectivity index (χ0v) is 15.9. The third-order valence-corrected chi connectivity index (χ3v) is 5.96.